The van der Waals surface area contributed by atoms with Crippen molar-refractivity contribution in [2.45, 2.75) is 13.0 Å². The van der Waals surface area contributed by atoms with Gasteiger partial charge in [0.25, 0.3) is 0 Å². The van der Waals surface area contributed by atoms with E-state index in [1.807, 2.05) is 6.92 Å². The van der Waals surface area contributed by atoms with Gasteiger partial charge in [0.05, 0.1) is 12.2 Å². The smallest absolute Gasteiger partial charge is 0.224 e. The molecule has 8 heteroatoms. The minimum absolute atomic E-state index is 0.0148. The van der Waals surface area contributed by atoms with Crippen LogP contribution in [-0.4, -0.2) is 24.7 Å². The second-order valence-corrected chi connectivity index (χ2v) is 3.84. The number of anilines is 1. The fraction of sp³-hybridized carbons (Fsp3) is 0.333. The largest absolute Gasteiger partial charge is 0.358 e. The first kappa shape index (κ1) is 11.7. The highest BCUT2D eigenvalue weighted by Crippen LogP contribution is 2.18. The zero-order chi connectivity index (χ0) is 12.4. The molecule has 1 N–H and O–H groups in total. The number of halogens is 2. The van der Waals surface area contributed by atoms with Crippen molar-refractivity contribution in [3.63, 3.8) is 0 Å². The summed E-state index contributed by atoms with van der Waals surface area (Å²) in [6.45, 7) is 1.82. The normalized spacial score (nSPS) is 12.5. The van der Waals surface area contributed by atoms with Crippen LogP contribution in [0.1, 0.15) is 18.8 Å². The summed E-state index contributed by atoms with van der Waals surface area (Å²) in [6, 6.07) is -0.247. The van der Waals surface area contributed by atoms with Crippen molar-refractivity contribution in [1.29, 1.82) is 0 Å². The molecule has 2 heterocycles. The topological polar surface area (TPSA) is 68.5 Å². The van der Waals surface area contributed by atoms with Crippen LogP contribution in [0.4, 0.5) is 10.2 Å². The Balaban J connectivity index is 2.21. The molecule has 90 valence electrons. The molecule has 0 saturated carbocycles. The van der Waals surface area contributed by atoms with Gasteiger partial charge in [-0.1, -0.05) is 0 Å². The summed E-state index contributed by atoms with van der Waals surface area (Å²) < 4.78 is 15.1. The van der Waals surface area contributed by atoms with Gasteiger partial charge in [-0.3, -0.25) is 0 Å². The minimum atomic E-state index is -0.566. The summed E-state index contributed by atoms with van der Waals surface area (Å²) in [6.07, 6.45) is 2.58. The van der Waals surface area contributed by atoms with Crippen LogP contribution >= 0.6 is 11.6 Å². The molecule has 0 aromatic carbocycles. The number of nitrogens with zero attached hydrogens (tertiary/aromatic N) is 5. The van der Waals surface area contributed by atoms with E-state index in [-0.39, 0.29) is 17.1 Å². The second-order valence-electron chi connectivity index (χ2n) is 3.50. The lowest BCUT2D eigenvalue weighted by Crippen LogP contribution is -2.14. The van der Waals surface area contributed by atoms with E-state index >= 15 is 0 Å². The molecule has 1 atom stereocenters. The van der Waals surface area contributed by atoms with Gasteiger partial charge in [-0.2, -0.15) is 4.98 Å². The third-order valence-corrected chi connectivity index (χ3v) is 2.38. The zero-order valence-electron chi connectivity index (χ0n) is 9.22. The van der Waals surface area contributed by atoms with Gasteiger partial charge in [-0.05, 0) is 18.5 Å². The van der Waals surface area contributed by atoms with E-state index in [1.54, 1.807) is 17.9 Å². The molecule has 0 fully saturated rings. The molecule has 17 heavy (non-hydrogen) atoms. The summed E-state index contributed by atoms with van der Waals surface area (Å²) in [5.74, 6) is 0.142. The lowest BCUT2D eigenvalue weighted by molar-refractivity contribution is 0.610. The minimum Gasteiger partial charge on any atom is -0.358 e. The van der Waals surface area contributed by atoms with Gasteiger partial charge in [-0.15, -0.1) is 10.2 Å². The van der Waals surface area contributed by atoms with Gasteiger partial charge in [0, 0.05) is 7.05 Å². The number of hydrogen-bond acceptors (Lipinski definition) is 5. The Hall–Kier alpha value is -1.76. The van der Waals surface area contributed by atoms with Crippen molar-refractivity contribution >= 4 is 17.4 Å². The van der Waals surface area contributed by atoms with Crippen LogP contribution in [-0.2, 0) is 7.05 Å². The molecule has 0 radical (unpaired) electrons. The van der Waals surface area contributed by atoms with Crippen LogP contribution in [0.25, 0.3) is 0 Å². The summed E-state index contributed by atoms with van der Waals surface area (Å²) in [4.78, 5) is 7.30. The molecule has 0 spiro atoms. The number of rotatable bonds is 3. The van der Waals surface area contributed by atoms with Crippen molar-refractivity contribution in [3.8, 4) is 0 Å². The number of hydrogen-bond donors (Lipinski definition) is 1. The third kappa shape index (κ3) is 2.50. The second kappa shape index (κ2) is 4.62. The predicted octanol–water partition coefficient (Wildman–Crippen LogP) is 1.57. The summed E-state index contributed by atoms with van der Waals surface area (Å²) in [5, 5.41) is 10.5. The summed E-state index contributed by atoms with van der Waals surface area (Å²) in [7, 11) is 1.80. The van der Waals surface area contributed by atoms with E-state index in [9.17, 15) is 4.39 Å². The Bertz CT molecular complexity index is 528. The van der Waals surface area contributed by atoms with Crippen LogP contribution in [0, 0.1) is 5.82 Å². The molecule has 0 aliphatic rings. The Kier molecular flexibility index (Phi) is 3.19. The van der Waals surface area contributed by atoms with Gasteiger partial charge in [0.15, 0.2) is 17.5 Å². The average molecular weight is 257 g/mol. The van der Waals surface area contributed by atoms with Gasteiger partial charge >= 0.3 is 0 Å². The Morgan fingerprint density at radius 1 is 1.53 bits per heavy atom. The first-order valence-corrected chi connectivity index (χ1v) is 5.24. The van der Waals surface area contributed by atoms with Crippen molar-refractivity contribution in [2.75, 3.05) is 5.32 Å². The van der Waals surface area contributed by atoms with E-state index in [1.165, 1.54) is 0 Å². The van der Waals surface area contributed by atoms with Crippen LogP contribution in [0.15, 0.2) is 12.5 Å². The van der Waals surface area contributed by atoms with Crippen molar-refractivity contribution in [2.24, 2.45) is 7.05 Å². The van der Waals surface area contributed by atoms with Crippen molar-refractivity contribution in [3.05, 3.63) is 29.4 Å². The standard InChI is InChI=1S/C9H10ClFN6/c1-5(8-16-13-4-17(8)2)14-7-6(11)3-12-9(10)15-7/h3-5H,1-2H3,(H,12,14,15). The molecule has 6 nitrogen and oxygen atoms in total. The van der Waals surface area contributed by atoms with Crippen LogP contribution in [0.5, 0.6) is 0 Å². The summed E-state index contributed by atoms with van der Waals surface area (Å²) >= 11 is 5.59. The number of aromatic nitrogens is 5. The highest BCUT2D eigenvalue weighted by molar-refractivity contribution is 6.28. The predicted molar refractivity (Wildman–Crippen MR) is 60.0 cm³/mol. The van der Waals surface area contributed by atoms with E-state index in [4.69, 9.17) is 11.6 Å². The molecule has 1 unspecified atom stereocenters. The maximum atomic E-state index is 13.4. The molecule has 2 aromatic heterocycles. The first-order valence-electron chi connectivity index (χ1n) is 4.86. The van der Waals surface area contributed by atoms with E-state index in [0.717, 1.165) is 6.20 Å². The van der Waals surface area contributed by atoms with Crippen molar-refractivity contribution in [1.82, 2.24) is 24.7 Å². The third-order valence-electron chi connectivity index (χ3n) is 2.20. The fourth-order valence-electron chi connectivity index (χ4n) is 1.40. The van der Waals surface area contributed by atoms with Crippen LogP contribution in [0.2, 0.25) is 5.28 Å². The van der Waals surface area contributed by atoms with E-state index in [2.05, 4.69) is 25.5 Å². The maximum Gasteiger partial charge on any atom is 0.224 e. The zero-order valence-corrected chi connectivity index (χ0v) is 9.98. The molecule has 0 saturated heterocycles. The lowest BCUT2D eigenvalue weighted by atomic mass is 10.3. The van der Waals surface area contributed by atoms with Crippen LogP contribution < -0.4 is 5.32 Å². The average Bonchev–Trinajstić information content (AvgIpc) is 2.70. The maximum absolute atomic E-state index is 13.4. The Labute approximate surface area is 102 Å². The van der Waals surface area contributed by atoms with Gasteiger partial charge in [-0.25, -0.2) is 9.37 Å². The quantitative estimate of drug-likeness (QED) is 0.845. The molecular weight excluding hydrogens is 247 g/mol. The molecular formula is C9H10ClFN6. The monoisotopic (exact) mass is 256 g/mol. The lowest BCUT2D eigenvalue weighted by Gasteiger charge is -2.13. The number of nitrogens with one attached hydrogen (secondary N) is 1. The summed E-state index contributed by atoms with van der Waals surface area (Å²) in [5.41, 5.74) is 0. The molecule has 2 rings (SSSR count). The van der Waals surface area contributed by atoms with E-state index in [0.29, 0.717) is 5.82 Å². The van der Waals surface area contributed by atoms with Gasteiger partial charge in [0.1, 0.15) is 6.33 Å². The van der Waals surface area contributed by atoms with Crippen LogP contribution in [0.3, 0.4) is 0 Å². The molecule has 0 aliphatic heterocycles. The highest BCUT2D eigenvalue weighted by atomic mass is 35.5. The fourth-order valence-corrected chi connectivity index (χ4v) is 1.53. The Morgan fingerprint density at radius 3 is 2.94 bits per heavy atom. The molecule has 0 amide bonds. The van der Waals surface area contributed by atoms with Crippen molar-refractivity contribution < 1.29 is 4.39 Å². The number of aryl methyl sites for hydroxylation is 1. The SMILES string of the molecule is CC(Nc1nc(Cl)ncc1F)c1nncn1C. The molecule has 0 bridgehead atoms. The van der Waals surface area contributed by atoms with Gasteiger partial charge < -0.3 is 9.88 Å². The molecule has 2 aromatic rings. The Morgan fingerprint density at radius 2 is 2.29 bits per heavy atom. The van der Waals surface area contributed by atoms with Gasteiger partial charge in [0.2, 0.25) is 5.28 Å². The highest BCUT2D eigenvalue weighted by Gasteiger charge is 2.14. The van der Waals surface area contributed by atoms with E-state index < -0.39 is 5.82 Å². The first-order chi connectivity index (χ1) is 8.08. The molecule has 0 aliphatic carbocycles.